The molecule has 0 bridgehead atoms. The topological polar surface area (TPSA) is 103 Å². The predicted molar refractivity (Wildman–Crippen MR) is 107 cm³/mol. The Hall–Kier alpha value is -2.13. The summed E-state index contributed by atoms with van der Waals surface area (Å²) < 4.78 is 106. The Kier molecular flexibility index (Phi) is 5.52. The van der Waals surface area contributed by atoms with Crippen LogP contribution in [0.25, 0.3) is 0 Å². The summed E-state index contributed by atoms with van der Waals surface area (Å²) in [5.41, 5.74) is 5.92. The molecule has 2 saturated heterocycles. The lowest BCUT2D eigenvalue weighted by atomic mass is 9.89. The zero-order chi connectivity index (χ0) is 24.6. The molecule has 1 unspecified atom stereocenters. The van der Waals surface area contributed by atoms with Crippen LogP contribution in [0.1, 0.15) is 35.0 Å². The second kappa shape index (κ2) is 7.95. The second-order valence-electron chi connectivity index (χ2n) is 8.72. The maximum Gasteiger partial charge on any atom is 0.416 e. The van der Waals surface area contributed by atoms with Crippen LogP contribution in [0.5, 0.6) is 0 Å². The summed E-state index contributed by atoms with van der Waals surface area (Å²) in [5, 5.41) is 4.12. The van der Waals surface area contributed by atoms with E-state index < -0.39 is 57.6 Å². The minimum atomic E-state index is -4.81. The fraction of sp³-hybridized carbons (Fsp3) is 0.550. The molecular formula is C20H21F5N4O4S. The average molecular weight is 508 g/mol. The van der Waals surface area contributed by atoms with Crippen molar-refractivity contribution in [3.05, 3.63) is 52.3 Å². The van der Waals surface area contributed by atoms with Gasteiger partial charge in [0.2, 0.25) is 5.44 Å². The minimum absolute atomic E-state index is 0.00846. The number of nitrogens with zero attached hydrogens (tertiary/aromatic N) is 3. The van der Waals surface area contributed by atoms with Gasteiger partial charge in [-0.25, -0.2) is 17.2 Å². The molecular weight excluding hydrogens is 487 g/mol. The van der Waals surface area contributed by atoms with Gasteiger partial charge in [-0.2, -0.15) is 22.4 Å². The Balaban J connectivity index is 1.41. The highest BCUT2D eigenvalue weighted by atomic mass is 32.2. The number of hydrogen-bond donors (Lipinski definition) is 1. The number of nitrogens with two attached hydrogens (primary N) is 1. The van der Waals surface area contributed by atoms with Crippen LogP contribution in [0, 0.1) is 18.6 Å². The van der Waals surface area contributed by atoms with Gasteiger partial charge in [0.25, 0.3) is 10.0 Å². The van der Waals surface area contributed by atoms with Crippen molar-refractivity contribution in [1.82, 2.24) is 14.1 Å². The summed E-state index contributed by atoms with van der Waals surface area (Å²) in [4.78, 5) is 1.48. The van der Waals surface area contributed by atoms with Crippen LogP contribution in [0.3, 0.4) is 0 Å². The monoisotopic (exact) mass is 508 g/mol. The summed E-state index contributed by atoms with van der Waals surface area (Å²) in [5.74, 6) is -1.73. The SMILES string of the molecule is Cc1c2c(nn1S(=O)(=O)C1CO1)CN([C@@H]1C[C@H](N)[C@@H](c3cc(F)ccc3F)O[C@@H]1C(F)(F)F)C2. The number of rotatable bonds is 4. The van der Waals surface area contributed by atoms with E-state index in [9.17, 15) is 30.4 Å². The van der Waals surface area contributed by atoms with Crippen LogP contribution in [-0.2, 0) is 32.6 Å². The number of ether oxygens (including phenoxy) is 2. The van der Waals surface area contributed by atoms with Crippen molar-refractivity contribution < 1.29 is 39.8 Å². The molecule has 1 aromatic heterocycles. The molecule has 0 saturated carbocycles. The van der Waals surface area contributed by atoms with Crippen LogP contribution in [0.4, 0.5) is 22.0 Å². The normalized spacial score (nSPS) is 29.9. The maximum absolute atomic E-state index is 14.3. The van der Waals surface area contributed by atoms with E-state index in [1.807, 2.05) is 0 Å². The highest BCUT2D eigenvalue weighted by molar-refractivity contribution is 7.90. The Morgan fingerprint density at radius 2 is 1.91 bits per heavy atom. The molecule has 3 aliphatic rings. The molecule has 34 heavy (non-hydrogen) atoms. The minimum Gasteiger partial charge on any atom is -0.357 e. The smallest absolute Gasteiger partial charge is 0.357 e. The van der Waals surface area contributed by atoms with Crippen molar-refractivity contribution in [3.8, 4) is 0 Å². The highest BCUT2D eigenvalue weighted by Crippen LogP contribution is 2.43. The van der Waals surface area contributed by atoms with E-state index in [0.717, 1.165) is 22.3 Å². The predicted octanol–water partition coefficient (Wildman–Crippen LogP) is 2.11. The van der Waals surface area contributed by atoms with Gasteiger partial charge in [0.05, 0.1) is 18.0 Å². The number of alkyl halides is 3. The number of epoxide rings is 1. The third kappa shape index (κ3) is 3.90. The van der Waals surface area contributed by atoms with Crippen molar-refractivity contribution in [2.75, 3.05) is 6.61 Å². The molecule has 14 heteroatoms. The van der Waals surface area contributed by atoms with E-state index in [1.54, 1.807) is 0 Å². The number of fused-ring (bicyclic) bond motifs is 1. The van der Waals surface area contributed by atoms with Gasteiger partial charge in [-0.1, -0.05) is 0 Å². The van der Waals surface area contributed by atoms with Crippen molar-refractivity contribution in [1.29, 1.82) is 0 Å². The average Bonchev–Trinajstić information content (AvgIpc) is 3.46. The first-order valence-corrected chi connectivity index (χ1v) is 12.0. The molecule has 1 aromatic carbocycles. The van der Waals surface area contributed by atoms with Gasteiger partial charge < -0.3 is 15.2 Å². The Labute approximate surface area is 191 Å². The Morgan fingerprint density at radius 3 is 2.53 bits per heavy atom. The first-order valence-electron chi connectivity index (χ1n) is 10.5. The van der Waals surface area contributed by atoms with Gasteiger partial charge in [0.15, 0.2) is 6.10 Å². The van der Waals surface area contributed by atoms with Gasteiger partial charge in [0.1, 0.15) is 17.7 Å². The highest BCUT2D eigenvalue weighted by Gasteiger charge is 2.54. The summed E-state index contributed by atoms with van der Waals surface area (Å²) in [6, 6.07) is 0.192. The van der Waals surface area contributed by atoms with Crippen molar-refractivity contribution in [2.45, 2.75) is 62.3 Å². The molecule has 2 N–H and O–H groups in total. The van der Waals surface area contributed by atoms with Gasteiger partial charge >= 0.3 is 6.18 Å². The van der Waals surface area contributed by atoms with Crippen LogP contribution in [0.2, 0.25) is 0 Å². The molecule has 8 nitrogen and oxygen atoms in total. The summed E-state index contributed by atoms with van der Waals surface area (Å²) in [7, 11) is -3.83. The zero-order valence-corrected chi connectivity index (χ0v) is 18.6. The fourth-order valence-corrected chi connectivity index (χ4v) is 6.06. The lowest BCUT2D eigenvalue weighted by Gasteiger charge is -2.44. The quantitative estimate of drug-likeness (QED) is 0.499. The zero-order valence-electron chi connectivity index (χ0n) is 17.8. The Bertz CT molecular complexity index is 1230. The van der Waals surface area contributed by atoms with E-state index >= 15 is 0 Å². The summed E-state index contributed by atoms with van der Waals surface area (Å²) in [6.45, 7) is 1.56. The van der Waals surface area contributed by atoms with Crippen molar-refractivity contribution in [2.24, 2.45) is 5.73 Å². The molecule has 0 amide bonds. The lowest BCUT2D eigenvalue weighted by molar-refractivity contribution is -0.269. The van der Waals surface area contributed by atoms with Crippen LogP contribution >= 0.6 is 0 Å². The molecule has 0 aliphatic carbocycles. The van der Waals surface area contributed by atoms with Crippen molar-refractivity contribution >= 4 is 10.0 Å². The van der Waals surface area contributed by atoms with Gasteiger partial charge in [-0.05, 0) is 31.5 Å². The number of hydrogen-bond acceptors (Lipinski definition) is 7. The van der Waals surface area contributed by atoms with Gasteiger partial charge in [-0.15, -0.1) is 0 Å². The summed E-state index contributed by atoms with van der Waals surface area (Å²) >= 11 is 0. The van der Waals surface area contributed by atoms with E-state index in [4.69, 9.17) is 15.2 Å². The number of benzene rings is 1. The third-order valence-electron chi connectivity index (χ3n) is 6.48. The van der Waals surface area contributed by atoms with E-state index in [0.29, 0.717) is 17.0 Å². The van der Waals surface area contributed by atoms with Crippen LogP contribution in [-0.4, -0.2) is 58.9 Å². The van der Waals surface area contributed by atoms with Crippen LogP contribution in [0.15, 0.2) is 18.2 Å². The Morgan fingerprint density at radius 1 is 1.21 bits per heavy atom. The molecule has 0 radical (unpaired) electrons. The van der Waals surface area contributed by atoms with E-state index in [1.165, 1.54) is 11.8 Å². The van der Waals surface area contributed by atoms with Crippen LogP contribution < -0.4 is 5.73 Å². The van der Waals surface area contributed by atoms with Gasteiger partial charge in [0, 0.05) is 36.3 Å². The van der Waals surface area contributed by atoms with E-state index in [2.05, 4.69) is 5.10 Å². The second-order valence-corrected chi connectivity index (χ2v) is 10.6. The molecule has 0 spiro atoms. The molecule has 2 fully saturated rings. The van der Waals surface area contributed by atoms with Crippen molar-refractivity contribution in [3.63, 3.8) is 0 Å². The first-order chi connectivity index (χ1) is 15.9. The maximum atomic E-state index is 14.3. The molecule has 5 rings (SSSR count). The molecule has 4 heterocycles. The molecule has 186 valence electrons. The molecule has 2 aromatic rings. The third-order valence-corrected chi connectivity index (χ3v) is 8.25. The standard InChI is InChI=1S/C20H21F5N4O4S/c1-9-12-6-28(7-15(12)27-29(9)34(30,31)17-8-32-17)16-5-14(26)18(33-19(16)20(23,24)25)11-4-10(21)2-3-13(11)22/h2-4,14,16-19H,5-8,26H2,1H3/t14-,16+,17?,18+,19-/m0/s1. The van der Waals surface area contributed by atoms with Gasteiger partial charge in [-0.3, -0.25) is 4.90 Å². The number of halogens is 5. The largest absolute Gasteiger partial charge is 0.416 e. The first kappa shape index (κ1) is 23.6. The summed E-state index contributed by atoms with van der Waals surface area (Å²) in [6.07, 6.45) is -8.82. The number of aromatic nitrogens is 2. The van der Waals surface area contributed by atoms with E-state index in [-0.39, 0.29) is 31.7 Å². The molecule has 3 aliphatic heterocycles. The molecule has 5 atom stereocenters. The fourth-order valence-electron chi connectivity index (χ4n) is 4.71. The lowest BCUT2D eigenvalue weighted by Crippen LogP contribution is -2.58.